The van der Waals surface area contributed by atoms with Crippen LogP contribution in [0.2, 0.25) is 5.02 Å². The van der Waals surface area contributed by atoms with Crippen molar-refractivity contribution >= 4 is 40.5 Å². The molecule has 2 heterocycles. The van der Waals surface area contributed by atoms with E-state index in [4.69, 9.17) is 16.6 Å². The van der Waals surface area contributed by atoms with Crippen LogP contribution in [0.25, 0.3) is 5.65 Å². The van der Waals surface area contributed by atoms with Crippen LogP contribution in [0.15, 0.2) is 30.5 Å². The lowest BCUT2D eigenvalue weighted by molar-refractivity contribution is 0.0963. The maximum absolute atomic E-state index is 11.8. The SMILES string of the molecule is CCCN(CCC)c1c(C)c(Nc2ccc(C(=O)NC)cc2Cl)nc2ccnn12. The number of nitrogens with zero attached hydrogens (tertiary/aromatic N) is 4. The normalized spacial score (nSPS) is 10.9. The van der Waals surface area contributed by atoms with E-state index in [9.17, 15) is 4.79 Å². The number of anilines is 3. The van der Waals surface area contributed by atoms with Crippen molar-refractivity contribution in [3.63, 3.8) is 0 Å². The van der Waals surface area contributed by atoms with E-state index in [0.29, 0.717) is 16.3 Å². The molecule has 1 amide bonds. The predicted molar refractivity (Wildman–Crippen MR) is 119 cm³/mol. The van der Waals surface area contributed by atoms with Crippen molar-refractivity contribution in [2.75, 3.05) is 30.4 Å². The molecule has 0 aliphatic rings. The second kappa shape index (κ2) is 9.13. The van der Waals surface area contributed by atoms with E-state index in [1.165, 1.54) is 0 Å². The smallest absolute Gasteiger partial charge is 0.251 e. The van der Waals surface area contributed by atoms with Gasteiger partial charge >= 0.3 is 0 Å². The number of rotatable bonds is 8. The van der Waals surface area contributed by atoms with E-state index in [1.807, 2.05) is 17.5 Å². The molecule has 29 heavy (non-hydrogen) atoms. The molecular formula is C21H27ClN6O. The quantitative estimate of drug-likeness (QED) is 0.570. The van der Waals surface area contributed by atoms with Crippen molar-refractivity contribution in [2.24, 2.45) is 0 Å². The highest BCUT2D eigenvalue weighted by Gasteiger charge is 2.19. The second-order valence-corrected chi connectivity index (χ2v) is 7.30. The number of aromatic nitrogens is 3. The number of carbonyl (C=O) groups is 1. The highest BCUT2D eigenvalue weighted by molar-refractivity contribution is 6.33. The number of fused-ring (bicyclic) bond motifs is 1. The summed E-state index contributed by atoms with van der Waals surface area (Å²) in [6, 6.07) is 7.07. The van der Waals surface area contributed by atoms with Gasteiger partial charge in [-0.15, -0.1) is 0 Å². The molecule has 3 aromatic rings. The van der Waals surface area contributed by atoms with Gasteiger partial charge in [0.1, 0.15) is 11.6 Å². The summed E-state index contributed by atoms with van der Waals surface area (Å²) in [6.07, 6.45) is 3.84. The van der Waals surface area contributed by atoms with Crippen molar-refractivity contribution in [2.45, 2.75) is 33.6 Å². The lowest BCUT2D eigenvalue weighted by Gasteiger charge is -2.27. The minimum Gasteiger partial charge on any atom is -0.356 e. The standard InChI is InChI=1S/C21H27ClN6O/c1-5-11-27(12-6-2)21-14(3)19(26-18-9-10-24-28(18)21)25-17-8-7-15(13-16(17)22)20(29)23-4/h7-10,13H,5-6,11-12H2,1-4H3,(H,23,29)(H,25,26). The molecule has 0 saturated heterocycles. The Hall–Kier alpha value is -2.80. The van der Waals surface area contributed by atoms with Gasteiger partial charge in [-0.1, -0.05) is 25.4 Å². The molecule has 0 unspecified atom stereocenters. The molecule has 0 spiro atoms. The Bertz CT molecular complexity index is 1010. The first-order valence-electron chi connectivity index (χ1n) is 9.88. The Labute approximate surface area is 176 Å². The van der Waals surface area contributed by atoms with Crippen molar-refractivity contribution in [3.8, 4) is 0 Å². The predicted octanol–water partition coefficient (Wildman–Crippen LogP) is 4.42. The minimum atomic E-state index is -0.175. The van der Waals surface area contributed by atoms with Crippen molar-refractivity contribution in [1.82, 2.24) is 19.9 Å². The van der Waals surface area contributed by atoms with Crippen LogP contribution in [0, 0.1) is 6.92 Å². The fourth-order valence-electron chi connectivity index (χ4n) is 3.39. The van der Waals surface area contributed by atoms with Crippen LogP contribution in [-0.2, 0) is 0 Å². The fourth-order valence-corrected chi connectivity index (χ4v) is 3.62. The Morgan fingerprint density at radius 1 is 1.21 bits per heavy atom. The van der Waals surface area contributed by atoms with Crippen molar-refractivity contribution in [1.29, 1.82) is 0 Å². The zero-order chi connectivity index (χ0) is 21.0. The Kier molecular flexibility index (Phi) is 6.59. The average Bonchev–Trinajstić information content (AvgIpc) is 3.17. The van der Waals surface area contributed by atoms with Gasteiger partial charge < -0.3 is 15.5 Å². The van der Waals surface area contributed by atoms with Crippen LogP contribution in [0.3, 0.4) is 0 Å². The molecule has 2 aromatic heterocycles. The average molecular weight is 415 g/mol. The number of carbonyl (C=O) groups excluding carboxylic acids is 1. The maximum Gasteiger partial charge on any atom is 0.251 e. The number of amides is 1. The second-order valence-electron chi connectivity index (χ2n) is 6.90. The van der Waals surface area contributed by atoms with E-state index >= 15 is 0 Å². The van der Waals surface area contributed by atoms with Gasteiger partial charge in [0.05, 0.1) is 16.9 Å². The molecule has 154 valence electrons. The van der Waals surface area contributed by atoms with Gasteiger partial charge in [-0.25, -0.2) is 4.98 Å². The van der Waals surface area contributed by atoms with Crippen molar-refractivity contribution in [3.05, 3.63) is 46.6 Å². The Morgan fingerprint density at radius 3 is 2.55 bits per heavy atom. The van der Waals surface area contributed by atoms with Gasteiger partial charge in [-0.05, 0) is 38.0 Å². The van der Waals surface area contributed by atoms with Crippen molar-refractivity contribution < 1.29 is 4.79 Å². The summed E-state index contributed by atoms with van der Waals surface area (Å²) in [7, 11) is 1.59. The lowest BCUT2D eigenvalue weighted by Crippen LogP contribution is -2.28. The zero-order valence-electron chi connectivity index (χ0n) is 17.3. The number of hydrogen-bond acceptors (Lipinski definition) is 5. The molecule has 0 fully saturated rings. The third-order valence-electron chi connectivity index (χ3n) is 4.74. The van der Waals surface area contributed by atoms with Crippen LogP contribution in [0.1, 0.15) is 42.6 Å². The van der Waals surface area contributed by atoms with Gasteiger partial charge in [-0.3, -0.25) is 4.79 Å². The largest absolute Gasteiger partial charge is 0.356 e. The highest BCUT2D eigenvalue weighted by Crippen LogP contribution is 2.32. The summed E-state index contributed by atoms with van der Waals surface area (Å²) in [6.45, 7) is 8.26. The summed E-state index contributed by atoms with van der Waals surface area (Å²) >= 11 is 6.43. The van der Waals surface area contributed by atoms with E-state index in [1.54, 1.807) is 31.4 Å². The molecule has 1 aromatic carbocycles. The van der Waals surface area contributed by atoms with Gasteiger partial charge in [0.15, 0.2) is 5.65 Å². The van der Waals surface area contributed by atoms with Gasteiger partial charge in [0.25, 0.3) is 5.91 Å². The molecule has 2 N–H and O–H groups in total. The van der Waals surface area contributed by atoms with E-state index in [0.717, 1.165) is 48.8 Å². The van der Waals surface area contributed by atoms with E-state index in [2.05, 4.69) is 34.5 Å². The summed E-state index contributed by atoms with van der Waals surface area (Å²) in [5.41, 5.74) is 2.97. The molecule has 8 heteroatoms. The summed E-state index contributed by atoms with van der Waals surface area (Å²) < 4.78 is 1.89. The van der Waals surface area contributed by atoms with E-state index in [-0.39, 0.29) is 5.91 Å². The van der Waals surface area contributed by atoms with Gasteiger partial charge in [0.2, 0.25) is 0 Å². The molecule has 0 aliphatic heterocycles. The summed E-state index contributed by atoms with van der Waals surface area (Å²) in [5, 5.41) is 10.9. The Morgan fingerprint density at radius 2 is 1.93 bits per heavy atom. The number of nitrogens with one attached hydrogen (secondary N) is 2. The summed E-state index contributed by atoms with van der Waals surface area (Å²) in [4.78, 5) is 18.9. The van der Waals surface area contributed by atoms with Gasteiger partial charge in [-0.2, -0.15) is 9.61 Å². The van der Waals surface area contributed by atoms with Crippen LogP contribution < -0.4 is 15.5 Å². The number of benzene rings is 1. The first-order valence-corrected chi connectivity index (χ1v) is 10.3. The van der Waals surface area contributed by atoms with Crippen LogP contribution in [-0.4, -0.2) is 40.6 Å². The first-order chi connectivity index (χ1) is 14.0. The molecule has 0 radical (unpaired) electrons. The monoisotopic (exact) mass is 414 g/mol. The molecule has 0 bridgehead atoms. The van der Waals surface area contributed by atoms with Crippen LogP contribution >= 0.6 is 11.6 Å². The van der Waals surface area contributed by atoms with Gasteiger partial charge in [0, 0.05) is 37.3 Å². The fraction of sp³-hybridized carbons (Fsp3) is 0.381. The minimum absolute atomic E-state index is 0.175. The van der Waals surface area contributed by atoms with E-state index < -0.39 is 0 Å². The molecule has 0 atom stereocenters. The maximum atomic E-state index is 11.8. The Balaban J connectivity index is 2.04. The molecule has 7 nitrogen and oxygen atoms in total. The molecular weight excluding hydrogens is 388 g/mol. The number of hydrogen-bond donors (Lipinski definition) is 2. The zero-order valence-corrected chi connectivity index (χ0v) is 18.0. The van der Waals surface area contributed by atoms with Crippen LogP contribution in [0.5, 0.6) is 0 Å². The third-order valence-corrected chi connectivity index (χ3v) is 5.05. The molecule has 0 saturated carbocycles. The first kappa shape index (κ1) is 20.9. The lowest BCUT2D eigenvalue weighted by atomic mass is 10.2. The topological polar surface area (TPSA) is 74.6 Å². The highest BCUT2D eigenvalue weighted by atomic mass is 35.5. The number of halogens is 1. The van der Waals surface area contributed by atoms with Crippen LogP contribution in [0.4, 0.5) is 17.3 Å². The summed E-state index contributed by atoms with van der Waals surface area (Å²) in [5.74, 6) is 1.58. The molecule has 0 aliphatic carbocycles. The molecule has 3 rings (SSSR count). The third kappa shape index (κ3) is 4.29.